The summed E-state index contributed by atoms with van der Waals surface area (Å²) in [6, 6.07) is 0.310. The molecule has 1 heterocycles. The third-order valence-corrected chi connectivity index (χ3v) is 3.30. The van der Waals surface area contributed by atoms with Crippen LogP contribution in [0.25, 0.3) is 0 Å². The van der Waals surface area contributed by atoms with Crippen molar-refractivity contribution >= 4 is 11.6 Å². The van der Waals surface area contributed by atoms with Gasteiger partial charge in [-0.05, 0) is 26.7 Å². The second-order valence-electron chi connectivity index (χ2n) is 4.99. The summed E-state index contributed by atoms with van der Waals surface area (Å²) in [5.41, 5.74) is 6.66. The minimum Gasteiger partial charge on any atom is -0.327 e. The first-order valence-corrected chi connectivity index (χ1v) is 6.18. The van der Waals surface area contributed by atoms with Crippen molar-refractivity contribution in [2.24, 2.45) is 11.7 Å². The van der Waals surface area contributed by atoms with Crippen LogP contribution in [0.5, 0.6) is 0 Å². The van der Waals surface area contributed by atoms with Crippen LogP contribution in [-0.2, 0) is 4.79 Å². The van der Waals surface area contributed by atoms with E-state index in [0.29, 0.717) is 6.04 Å². The summed E-state index contributed by atoms with van der Waals surface area (Å²) in [5, 5.41) is 7.07. The van der Waals surface area contributed by atoms with Crippen molar-refractivity contribution in [3.63, 3.8) is 0 Å². The number of amides is 1. The molecule has 1 aliphatic carbocycles. The SMILES string of the molecule is CC(C)n1cc(NC(=O)C2CCCC2N)cn1. The van der Waals surface area contributed by atoms with Crippen LogP contribution in [0.1, 0.15) is 39.2 Å². The molecule has 17 heavy (non-hydrogen) atoms. The predicted molar refractivity (Wildman–Crippen MR) is 66.6 cm³/mol. The van der Waals surface area contributed by atoms with Gasteiger partial charge in [-0.1, -0.05) is 6.42 Å². The molecule has 5 nitrogen and oxygen atoms in total. The number of anilines is 1. The summed E-state index contributed by atoms with van der Waals surface area (Å²) in [4.78, 5) is 12.0. The van der Waals surface area contributed by atoms with Gasteiger partial charge < -0.3 is 11.1 Å². The van der Waals surface area contributed by atoms with Gasteiger partial charge in [-0.2, -0.15) is 5.10 Å². The summed E-state index contributed by atoms with van der Waals surface area (Å²) in [6.45, 7) is 4.09. The Bertz CT molecular complexity index is 399. The zero-order valence-corrected chi connectivity index (χ0v) is 10.4. The Morgan fingerprint density at radius 1 is 1.59 bits per heavy atom. The summed E-state index contributed by atoms with van der Waals surface area (Å²) in [6.07, 6.45) is 6.42. The smallest absolute Gasteiger partial charge is 0.229 e. The third kappa shape index (κ3) is 2.66. The van der Waals surface area contributed by atoms with Gasteiger partial charge in [-0.15, -0.1) is 0 Å². The Morgan fingerprint density at radius 3 is 2.88 bits per heavy atom. The molecule has 1 fully saturated rings. The molecule has 0 aliphatic heterocycles. The second-order valence-corrected chi connectivity index (χ2v) is 4.99. The van der Waals surface area contributed by atoms with Crippen LogP contribution >= 0.6 is 0 Å². The van der Waals surface area contributed by atoms with Crippen LogP contribution in [0.4, 0.5) is 5.69 Å². The Morgan fingerprint density at radius 2 is 2.35 bits per heavy atom. The molecule has 94 valence electrons. The molecule has 1 aromatic heterocycles. The van der Waals surface area contributed by atoms with Gasteiger partial charge in [-0.25, -0.2) is 0 Å². The minimum atomic E-state index is -0.0441. The van der Waals surface area contributed by atoms with Crippen molar-refractivity contribution < 1.29 is 4.79 Å². The molecule has 5 heteroatoms. The van der Waals surface area contributed by atoms with E-state index < -0.39 is 0 Å². The van der Waals surface area contributed by atoms with Gasteiger partial charge in [0.15, 0.2) is 0 Å². The van der Waals surface area contributed by atoms with E-state index in [2.05, 4.69) is 10.4 Å². The highest BCUT2D eigenvalue weighted by atomic mass is 16.1. The molecule has 0 spiro atoms. The molecule has 0 aromatic carbocycles. The number of nitrogens with two attached hydrogens (primary N) is 1. The minimum absolute atomic E-state index is 0.00939. The number of aromatic nitrogens is 2. The van der Waals surface area contributed by atoms with Crippen molar-refractivity contribution in [1.29, 1.82) is 0 Å². The van der Waals surface area contributed by atoms with Crippen molar-refractivity contribution in [1.82, 2.24) is 9.78 Å². The van der Waals surface area contributed by atoms with Crippen LogP contribution in [0, 0.1) is 5.92 Å². The molecule has 0 radical (unpaired) electrons. The van der Waals surface area contributed by atoms with Gasteiger partial charge in [0, 0.05) is 18.3 Å². The lowest BCUT2D eigenvalue weighted by Crippen LogP contribution is -2.34. The molecule has 1 aromatic rings. The van der Waals surface area contributed by atoms with E-state index in [1.54, 1.807) is 6.20 Å². The third-order valence-electron chi connectivity index (χ3n) is 3.30. The van der Waals surface area contributed by atoms with Crippen LogP contribution < -0.4 is 11.1 Å². The van der Waals surface area contributed by atoms with Crippen molar-refractivity contribution in [3.05, 3.63) is 12.4 Å². The first-order valence-electron chi connectivity index (χ1n) is 6.18. The van der Waals surface area contributed by atoms with E-state index in [1.807, 2.05) is 24.7 Å². The number of carbonyl (C=O) groups is 1. The topological polar surface area (TPSA) is 72.9 Å². The van der Waals surface area contributed by atoms with Gasteiger partial charge in [0.1, 0.15) is 0 Å². The maximum atomic E-state index is 12.0. The molecule has 0 saturated heterocycles. The standard InChI is InChI=1S/C12H20N4O/c1-8(2)16-7-9(6-14-16)15-12(17)10-4-3-5-11(10)13/h6-8,10-11H,3-5,13H2,1-2H3,(H,15,17). The molecular formula is C12H20N4O. The molecule has 1 amide bonds. The zero-order valence-electron chi connectivity index (χ0n) is 10.4. The van der Waals surface area contributed by atoms with E-state index in [4.69, 9.17) is 5.73 Å². The summed E-state index contributed by atoms with van der Waals surface area (Å²) < 4.78 is 1.82. The van der Waals surface area contributed by atoms with Gasteiger partial charge in [0.05, 0.1) is 17.8 Å². The van der Waals surface area contributed by atoms with Crippen LogP contribution in [0.15, 0.2) is 12.4 Å². The fraction of sp³-hybridized carbons (Fsp3) is 0.667. The first-order chi connectivity index (χ1) is 8.08. The Hall–Kier alpha value is -1.36. The van der Waals surface area contributed by atoms with E-state index in [9.17, 15) is 4.79 Å². The molecular weight excluding hydrogens is 216 g/mol. The molecule has 0 bridgehead atoms. The van der Waals surface area contributed by atoms with Gasteiger partial charge in [-0.3, -0.25) is 9.48 Å². The number of nitrogens with one attached hydrogen (secondary N) is 1. The first kappa shape index (κ1) is 12.1. The fourth-order valence-electron chi connectivity index (χ4n) is 2.23. The van der Waals surface area contributed by atoms with E-state index in [1.165, 1.54) is 0 Å². The van der Waals surface area contributed by atoms with Crippen LogP contribution in [-0.4, -0.2) is 21.7 Å². The quantitative estimate of drug-likeness (QED) is 0.836. The average Bonchev–Trinajstić information content (AvgIpc) is 2.86. The Balaban J connectivity index is 1.97. The zero-order chi connectivity index (χ0) is 12.4. The van der Waals surface area contributed by atoms with Crippen molar-refractivity contribution in [2.75, 3.05) is 5.32 Å². The van der Waals surface area contributed by atoms with Crippen molar-refractivity contribution in [3.8, 4) is 0 Å². The number of hydrogen-bond donors (Lipinski definition) is 2. The molecule has 1 saturated carbocycles. The normalized spacial score (nSPS) is 24.2. The lowest BCUT2D eigenvalue weighted by Gasteiger charge is -2.14. The lowest BCUT2D eigenvalue weighted by molar-refractivity contribution is -0.120. The highest BCUT2D eigenvalue weighted by Crippen LogP contribution is 2.25. The number of nitrogens with zero attached hydrogens (tertiary/aromatic N) is 2. The van der Waals surface area contributed by atoms with E-state index in [0.717, 1.165) is 24.9 Å². The monoisotopic (exact) mass is 236 g/mol. The van der Waals surface area contributed by atoms with Gasteiger partial charge in [0.2, 0.25) is 5.91 Å². The lowest BCUT2D eigenvalue weighted by atomic mass is 10.0. The molecule has 2 rings (SSSR count). The number of carbonyl (C=O) groups excluding carboxylic acids is 1. The Kier molecular flexibility index (Phi) is 3.47. The van der Waals surface area contributed by atoms with Gasteiger partial charge in [0.25, 0.3) is 0 Å². The van der Waals surface area contributed by atoms with Gasteiger partial charge >= 0.3 is 0 Å². The predicted octanol–water partition coefficient (Wildman–Crippen LogP) is 1.53. The van der Waals surface area contributed by atoms with E-state index >= 15 is 0 Å². The fourth-order valence-corrected chi connectivity index (χ4v) is 2.23. The van der Waals surface area contributed by atoms with Crippen molar-refractivity contribution in [2.45, 2.75) is 45.2 Å². The highest BCUT2D eigenvalue weighted by Gasteiger charge is 2.30. The molecule has 2 unspecified atom stereocenters. The molecule has 1 aliphatic rings. The Labute approximate surface area is 101 Å². The summed E-state index contributed by atoms with van der Waals surface area (Å²) >= 11 is 0. The number of hydrogen-bond acceptors (Lipinski definition) is 3. The average molecular weight is 236 g/mol. The van der Waals surface area contributed by atoms with Crippen LogP contribution in [0.2, 0.25) is 0 Å². The summed E-state index contributed by atoms with van der Waals surface area (Å²) in [7, 11) is 0. The second kappa shape index (κ2) is 4.87. The highest BCUT2D eigenvalue weighted by molar-refractivity contribution is 5.92. The molecule has 2 atom stereocenters. The molecule has 3 N–H and O–H groups in total. The largest absolute Gasteiger partial charge is 0.327 e. The van der Waals surface area contributed by atoms with Crippen LogP contribution in [0.3, 0.4) is 0 Å². The number of rotatable bonds is 3. The maximum Gasteiger partial charge on any atom is 0.229 e. The maximum absolute atomic E-state index is 12.0. The van der Waals surface area contributed by atoms with E-state index in [-0.39, 0.29) is 17.9 Å². The summed E-state index contributed by atoms with van der Waals surface area (Å²) in [5.74, 6) is -0.0179.